The summed E-state index contributed by atoms with van der Waals surface area (Å²) >= 11 is 0. The zero-order valence-electron chi connectivity index (χ0n) is 23.6. The van der Waals surface area contributed by atoms with Crippen molar-refractivity contribution in [1.82, 2.24) is 5.32 Å². The van der Waals surface area contributed by atoms with E-state index in [1.807, 2.05) is 42.5 Å². The van der Waals surface area contributed by atoms with Crippen LogP contribution in [0.3, 0.4) is 0 Å². The van der Waals surface area contributed by atoms with E-state index in [1.165, 1.54) is 27.9 Å². The number of carbonyl (C=O) groups is 5. The summed E-state index contributed by atoms with van der Waals surface area (Å²) in [5.41, 5.74) is 0.783. The van der Waals surface area contributed by atoms with E-state index < -0.39 is 60.1 Å². The SMILES string of the molecule is COCCOC(=O)C(Cc1ccc2ccccc2c1)NC(=O)C(C)OC(=O)C(C)OC(=O)C(C)OC(=O)C(C)C. The second-order valence-corrected chi connectivity index (χ2v) is 9.50. The molecule has 218 valence electrons. The molecule has 0 aliphatic heterocycles. The monoisotopic (exact) mass is 559 g/mol. The molecule has 0 aliphatic rings. The average molecular weight is 560 g/mol. The Hall–Kier alpha value is -3.99. The topological polar surface area (TPSA) is 144 Å². The lowest BCUT2D eigenvalue weighted by molar-refractivity contribution is -0.180. The van der Waals surface area contributed by atoms with Crippen LogP contribution in [0.4, 0.5) is 0 Å². The molecule has 40 heavy (non-hydrogen) atoms. The smallest absolute Gasteiger partial charge is 0.347 e. The Morgan fingerprint density at radius 1 is 0.700 bits per heavy atom. The summed E-state index contributed by atoms with van der Waals surface area (Å²) in [7, 11) is 1.47. The minimum atomic E-state index is -1.38. The van der Waals surface area contributed by atoms with E-state index in [4.69, 9.17) is 23.7 Å². The van der Waals surface area contributed by atoms with Crippen molar-refractivity contribution in [1.29, 1.82) is 0 Å². The third kappa shape index (κ3) is 9.96. The normalized spacial score (nSPS) is 14.0. The van der Waals surface area contributed by atoms with E-state index in [9.17, 15) is 24.0 Å². The van der Waals surface area contributed by atoms with Gasteiger partial charge in [-0.15, -0.1) is 0 Å². The lowest BCUT2D eigenvalue weighted by atomic mass is 10.0. The van der Waals surface area contributed by atoms with Gasteiger partial charge in [-0.25, -0.2) is 14.4 Å². The second kappa shape index (κ2) is 15.6. The molecular weight excluding hydrogens is 522 g/mol. The van der Waals surface area contributed by atoms with Crippen LogP contribution < -0.4 is 5.32 Å². The fraction of sp³-hybridized carbons (Fsp3) is 0.483. The van der Waals surface area contributed by atoms with E-state index in [0.717, 1.165) is 16.3 Å². The molecule has 2 aromatic carbocycles. The highest BCUT2D eigenvalue weighted by molar-refractivity contribution is 5.90. The highest BCUT2D eigenvalue weighted by Crippen LogP contribution is 2.17. The van der Waals surface area contributed by atoms with Crippen LogP contribution in [0.15, 0.2) is 42.5 Å². The zero-order chi connectivity index (χ0) is 29.8. The third-order valence-corrected chi connectivity index (χ3v) is 5.77. The molecule has 0 bridgehead atoms. The molecule has 1 N–H and O–H groups in total. The largest absolute Gasteiger partial charge is 0.462 e. The first-order valence-electron chi connectivity index (χ1n) is 13.0. The Bertz CT molecular complexity index is 1190. The van der Waals surface area contributed by atoms with Crippen LogP contribution in [-0.2, 0) is 54.1 Å². The van der Waals surface area contributed by atoms with Crippen LogP contribution in [0.1, 0.15) is 40.2 Å². The molecule has 0 saturated heterocycles. The number of methoxy groups -OCH3 is 1. The molecule has 4 unspecified atom stereocenters. The van der Waals surface area contributed by atoms with Gasteiger partial charge >= 0.3 is 23.9 Å². The number of amides is 1. The van der Waals surface area contributed by atoms with Crippen LogP contribution in [0, 0.1) is 5.92 Å². The Morgan fingerprint density at radius 2 is 1.27 bits per heavy atom. The quantitative estimate of drug-likeness (QED) is 0.208. The van der Waals surface area contributed by atoms with Gasteiger partial charge in [0.15, 0.2) is 18.3 Å². The standard InChI is InChI=1S/C29H37NO10/c1-17(2)26(32)39-19(4)28(34)40-20(5)27(33)38-18(3)25(31)30-24(29(35)37-14-13-36-6)16-21-11-12-22-9-7-8-10-23(22)15-21/h7-12,15,17-20,24H,13-14,16H2,1-6H3,(H,30,31). The van der Waals surface area contributed by atoms with Crippen LogP contribution in [0.25, 0.3) is 10.8 Å². The van der Waals surface area contributed by atoms with Crippen LogP contribution in [0.5, 0.6) is 0 Å². The van der Waals surface area contributed by atoms with Gasteiger partial charge in [0.2, 0.25) is 0 Å². The number of esters is 4. The number of carbonyl (C=O) groups excluding carboxylic acids is 5. The highest BCUT2D eigenvalue weighted by Gasteiger charge is 2.30. The highest BCUT2D eigenvalue weighted by atomic mass is 16.6. The van der Waals surface area contributed by atoms with Gasteiger partial charge in [-0.1, -0.05) is 56.3 Å². The van der Waals surface area contributed by atoms with Crippen molar-refractivity contribution in [3.8, 4) is 0 Å². The minimum absolute atomic E-state index is 0.00223. The van der Waals surface area contributed by atoms with Gasteiger partial charge in [-0.2, -0.15) is 0 Å². The van der Waals surface area contributed by atoms with E-state index in [1.54, 1.807) is 13.8 Å². The van der Waals surface area contributed by atoms with Gasteiger partial charge in [-0.3, -0.25) is 9.59 Å². The summed E-state index contributed by atoms with van der Waals surface area (Å²) in [6.45, 7) is 7.30. The van der Waals surface area contributed by atoms with E-state index in [-0.39, 0.29) is 19.6 Å². The lowest BCUT2D eigenvalue weighted by Gasteiger charge is -2.22. The summed E-state index contributed by atoms with van der Waals surface area (Å²) in [4.78, 5) is 62.0. The van der Waals surface area contributed by atoms with Gasteiger partial charge in [0.05, 0.1) is 12.5 Å². The first-order valence-corrected chi connectivity index (χ1v) is 13.0. The number of hydrogen-bond acceptors (Lipinski definition) is 10. The predicted molar refractivity (Wildman–Crippen MR) is 144 cm³/mol. The summed E-state index contributed by atoms with van der Waals surface area (Å²) < 4.78 is 25.3. The molecule has 2 rings (SSSR count). The van der Waals surface area contributed by atoms with Gasteiger partial charge in [0.1, 0.15) is 12.6 Å². The molecule has 1 amide bonds. The molecule has 4 atom stereocenters. The Labute approximate surface area is 233 Å². The number of nitrogens with one attached hydrogen (secondary N) is 1. The molecule has 0 aliphatic carbocycles. The third-order valence-electron chi connectivity index (χ3n) is 5.77. The van der Waals surface area contributed by atoms with Crippen LogP contribution >= 0.6 is 0 Å². The number of benzene rings is 2. The van der Waals surface area contributed by atoms with Crippen LogP contribution in [0.2, 0.25) is 0 Å². The maximum Gasteiger partial charge on any atom is 0.347 e. The molecule has 11 heteroatoms. The van der Waals surface area contributed by atoms with Crippen molar-refractivity contribution in [3.63, 3.8) is 0 Å². The van der Waals surface area contributed by atoms with Crippen molar-refractivity contribution in [2.24, 2.45) is 5.92 Å². The molecule has 0 spiro atoms. The molecule has 2 aromatic rings. The average Bonchev–Trinajstić information content (AvgIpc) is 2.92. The van der Waals surface area contributed by atoms with Crippen LogP contribution in [-0.4, -0.2) is 74.5 Å². The maximum atomic E-state index is 12.9. The fourth-order valence-electron chi connectivity index (χ4n) is 3.41. The fourth-order valence-corrected chi connectivity index (χ4v) is 3.41. The van der Waals surface area contributed by atoms with E-state index in [2.05, 4.69) is 5.32 Å². The summed E-state index contributed by atoms with van der Waals surface area (Å²) in [6, 6.07) is 12.3. The maximum absolute atomic E-state index is 12.9. The lowest BCUT2D eigenvalue weighted by Crippen LogP contribution is -2.48. The Kier molecular flexibility index (Phi) is 12.5. The summed E-state index contributed by atoms with van der Waals surface area (Å²) in [6.07, 6.45) is -3.80. The molecule has 11 nitrogen and oxygen atoms in total. The van der Waals surface area contributed by atoms with Gasteiger partial charge in [0, 0.05) is 13.5 Å². The van der Waals surface area contributed by atoms with Crippen molar-refractivity contribution in [2.45, 2.75) is 65.4 Å². The first kappa shape index (κ1) is 32.2. The Balaban J connectivity index is 2.02. The summed E-state index contributed by atoms with van der Waals surface area (Å²) in [5, 5.41) is 4.57. The van der Waals surface area contributed by atoms with Gasteiger partial charge in [-0.05, 0) is 37.1 Å². The van der Waals surface area contributed by atoms with E-state index >= 15 is 0 Å². The Morgan fingerprint density at radius 3 is 1.88 bits per heavy atom. The number of fused-ring (bicyclic) bond motifs is 1. The number of ether oxygens (including phenoxy) is 5. The number of hydrogen-bond donors (Lipinski definition) is 1. The molecule has 0 fully saturated rings. The molecule has 0 saturated carbocycles. The van der Waals surface area contributed by atoms with Crippen molar-refractivity contribution >= 4 is 40.6 Å². The molecule has 0 radical (unpaired) electrons. The molecule has 0 aromatic heterocycles. The molecule has 0 heterocycles. The van der Waals surface area contributed by atoms with Gasteiger partial charge in [0.25, 0.3) is 5.91 Å². The molecular formula is C29H37NO10. The van der Waals surface area contributed by atoms with Crippen molar-refractivity contribution < 1.29 is 47.7 Å². The number of rotatable bonds is 14. The van der Waals surface area contributed by atoms with Crippen molar-refractivity contribution in [3.05, 3.63) is 48.0 Å². The van der Waals surface area contributed by atoms with Crippen molar-refractivity contribution in [2.75, 3.05) is 20.3 Å². The first-order chi connectivity index (χ1) is 18.9. The predicted octanol–water partition coefficient (Wildman–Crippen LogP) is 2.51. The minimum Gasteiger partial charge on any atom is -0.462 e. The second-order valence-electron chi connectivity index (χ2n) is 9.50. The zero-order valence-corrected chi connectivity index (χ0v) is 23.6. The van der Waals surface area contributed by atoms with Gasteiger partial charge < -0.3 is 29.0 Å². The summed E-state index contributed by atoms with van der Waals surface area (Å²) in [5.74, 6) is -4.40. The van der Waals surface area contributed by atoms with E-state index in [0.29, 0.717) is 0 Å².